The first-order chi connectivity index (χ1) is 11.0. The van der Waals surface area contributed by atoms with E-state index in [0.717, 1.165) is 5.39 Å². The molecular weight excluding hydrogens is 314 g/mol. The van der Waals surface area contributed by atoms with Gasteiger partial charge in [-0.1, -0.05) is 25.4 Å². The summed E-state index contributed by atoms with van der Waals surface area (Å²) in [6.07, 6.45) is 3.15. The van der Waals surface area contributed by atoms with Gasteiger partial charge in [-0.3, -0.25) is 9.48 Å². The number of pyridine rings is 2. The Labute approximate surface area is 138 Å². The van der Waals surface area contributed by atoms with E-state index in [1.807, 2.05) is 6.07 Å². The van der Waals surface area contributed by atoms with Gasteiger partial charge in [-0.05, 0) is 30.2 Å². The zero-order chi connectivity index (χ0) is 16.4. The Morgan fingerprint density at radius 1 is 1.35 bits per heavy atom. The molecule has 0 unspecified atom stereocenters. The van der Waals surface area contributed by atoms with Gasteiger partial charge in [0.05, 0.1) is 5.02 Å². The molecule has 0 fully saturated rings. The first-order valence-electron chi connectivity index (χ1n) is 7.28. The lowest BCUT2D eigenvalue weighted by Gasteiger charge is -2.10. The van der Waals surface area contributed by atoms with Crippen molar-refractivity contribution in [2.24, 2.45) is 5.92 Å². The molecule has 0 aliphatic rings. The number of anilines is 1. The van der Waals surface area contributed by atoms with Crippen molar-refractivity contribution in [1.82, 2.24) is 19.7 Å². The molecule has 0 aromatic carbocycles. The van der Waals surface area contributed by atoms with Gasteiger partial charge in [0.25, 0.3) is 5.91 Å². The summed E-state index contributed by atoms with van der Waals surface area (Å²) in [6.45, 7) is 4.83. The molecule has 0 spiro atoms. The molecule has 3 aromatic rings. The van der Waals surface area contributed by atoms with Crippen LogP contribution >= 0.6 is 11.6 Å². The van der Waals surface area contributed by atoms with Crippen LogP contribution in [-0.2, 0) is 6.54 Å². The summed E-state index contributed by atoms with van der Waals surface area (Å²) in [4.78, 5) is 20.9. The predicted molar refractivity (Wildman–Crippen MR) is 89.6 cm³/mol. The normalized spacial score (nSPS) is 11.1. The highest BCUT2D eigenvalue weighted by Gasteiger charge is 2.14. The third-order valence-corrected chi connectivity index (χ3v) is 3.44. The Balaban J connectivity index is 1.83. The third-order valence-electron chi connectivity index (χ3n) is 3.24. The number of hydrogen-bond acceptors (Lipinski definition) is 4. The van der Waals surface area contributed by atoms with Crippen LogP contribution in [0.3, 0.4) is 0 Å². The van der Waals surface area contributed by atoms with Gasteiger partial charge in [0.15, 0.2) is 5.65 Å². The minimum Gasteiger partial charge on any atom is -0.305 e. The van der Waals surface area contributed by atoms with Gasteiger partial charge >= 0.3 is 0 Å². The minimum absolute atomic E-state index is 0.246. The maximum Gasteiger partial charge on any atom is 0.275 e. The zero-order valence-electron chi connectivity index (χ0n) is 12.8. The van der Waals surface area contributed by atoms with Crippen LogP contribution in [-0.4, -0.2) is 25.7 Å². The number of nitrogens with zero attached hydrogens (tertiary/aromatic N) is 4. The smallest absolute Gasteiger partial charge is 0.275 e. The maximum absolute atomic E-state index is 12.4. The lowest BCUT2D eigenvalue weighted by Crippen LogP contribution is -2.20. The van der Waals surface area contributed by atoms with Crippen molar-refractivity contribution in [1.29, 1.82) is 0 Å². The highest BCUT2D eigenvalue weighted by atomic mass is 35.5. The summed E-state index contributed by atoms with van der Waals surface area (Å²) in [5.41, 5.74) is 1.03. The molecule has 1 N–H and O–H groups in total. The second kappa shape index (κ2) is 6.34. The van der Waals surface area contributed by atoms with Crippen LogP contribution in [0.15, 0.2) is 36.7 Å². The molecule has 23 heavy (non-hydrogen) atoms. The lowest BCUT2D eigenvalue weighted by atomic mass is 10.2. The van der Waals surface area contributed by atoms with Gasteiger partial charge in [0.1, 0.15) is 11.5 Å². The Hall–Kier alpha value is -2.47. The number of aromatic nitrogens is 4. The van der Waals surface area contributed by atoms with Crippen molar-refractivity contribution in [3.63, 3.8) is 0 Å². The van der Waals surface area contributed by atoms with Crippen LogP contribution in [0.4, 0.5) is 5.82 Å². The van der Waals surface area contributed by atoms with Gasteiger partial charge in [-0.15, -0.1) is 0 Å². The number of fused-ring (bicyclic) bond motifs is 1. The predicted octanol–water partition coefficient (Wildman–Crippen LogP) is 3.39. The molecule has 7 heteroatoms. The largest absolute Gasteiger partial charge is 0.305 e. The Morgan fingerprint density at radius 2 is 2.17 bits per heavy atom. The van der Waals surface area contributed by atoms with Crippen molar-refractivity contribution in [2.45, 2.75) is 20.4 Å². The summed E-state index contributed by atoms with van der Waals surface area (Å²) in [5, 5.41) is 8.34. The van der Waals surface area contributed by atoms with E-state index < -0.39 is 0 Å². The maximum atomic E-state index is 12.4. The SMILES string of the molecule is CC(C)Cn1nccc1C(=O)Nc1ccc2cc(Cl)cnc2n1. The van der Waals surface area contributed by atoms with Crippen LogP contribution in [0, 0.1) is 5.92 Å². The van der Waals surface area contributed by atoms with Crippen molar-refractivity contribution >= 4 is 34.4 Å². The molecular formula is C16H16ClN5O. The summed E-state index contributed by atoms with van der Waals surface area (Å²) in [6, 6.07) is 7.01. The van der Waals surface area contributed by atoms with Crippen LogP contribution in [0.2, 0.25) is 5.02 Å². The van der Waals surface area contributed by atoms with Gasteiger partial charge in [0, 0.05) is 24.3 Å². The fourth-order valence-electron chi connectivity index (χ4n) is 2.25. The molecule has 0 radical (unpaired) electrons. The Kier molecular flexibility index (Phi) is 4.25. The number of carbonyl (C=O) groups excluding carboxylic acids is 1. The van der Waals surface area contributed by atoms with Crippen LogP contribution in [0.5, 0.6) is 0 Å². The van der Waals surface area contributed by atoms with Crippen molar-refractivity contribution in [2.75, 3.05) is 5.32 Å². The summed E-state index contributed by atoms with van der Waals surface area (Å²) < 4.78 is 1.69. The van der Waals surface area contributed by atoms with Gasteiger partial charge in [0.2, 0.25) is 0 Å². The van der Waals surface area contributed by atoms with Crippen molar-refractivity contribution in [3.8, 4) is 0 Å². The van der Waals surface area contributed by atoms with Crippen molar-refractivity contribution < 1.29 is 4.79 Å². The molecule has 0 saturated carbocycles. The second-order valence-corrected chi connectivity index (χ2v) is 6.08. The molecule has 3 rings (SSSR count). The molecule has 0 bridgehead atoms. The first-order valence-corrected chi connectivity index (χ1v) is 7.66. The van der Waals surface area contributed by atoms with E-state index in [4.69, 9.17) is 11.6 Å². The fraction of sp³-hybridized carbons (Fsp3) is 0.250. The number of rotatable bonds is 4. The van der Waals surface area contributed by atoms with Gasteiger partial charge in [-0.25, -0.2) is 9.97 Å². The van der Waals surface area contributed by atoms with Gasteiger partial charge < -0.3 is 5.32 Å². The van der Waals surface area contributed by atoms with Gasteiger partial charge in [-0.2, -0.15) is 5.10 Å². The minimum atomic E-state index is -0.246. The number of hydrogen-bond donors (Lipinski definition) is 1. The zero-order valence-corrected chi connectivity index (χ0v) is 13.6. The molecule has 0 saturated heterocycles. The van der Waals surface area contributed by atoms with E-state index in [2.05, 4.69) is 34.2 Å². The molecule has 1 amide bonds. The third kappa shape index (κ3) is 3.48. The monoisotopic (exact) mass is 329 g/mol. The van der Waals surface area contributed by atoms with Crippen LogP contribution < -0.4 is 5.32 Å². The van der Waals surface area contributed by atoms with E-state index in [0.29, 0.717) is 34.6 Å². The number of nitrogens with one attached hydrogen (secondary N) is 1. The number of carbonyl (C=O) groups is 1. The number of amides is 1. The second-order valence-electron chi connectivity index (χ2n) is 5.64. The molecule has 118 valence electrons. The first kappa shape index (κ1) is 15.4. The molecule has 0 aliphatic heterocycles. The molecule has 0 aliphatic carbocycles. The molecule has 0 atom stereocenters. The Bertz CT molecular complexity index is 859. The quantitative estimate of drug-likeness (QED) is 0.796. The topological polar surface area (TPSA) is 72.7 Å². The van der Waals surface area contributed by atoms with Crippen LogP contribution in [0.1, 0.15) is 24.3 Å². The standard InChI is InChI=1S/C16H16ClN5O/c1-10(2)9-22-13(5-6-19-22)16(23)21-14-4-3-11-7-12(17)8-18-15(11)20-14/h3-8,10H,9H2,1-2H3,(H,18,20,21,23). The van der Waals surface area contributed by atoms with E-state index in [-0.39, 0.29) is 5.91 Å². The summed E-state index contributed by atoms with van der Waals surface area (Å²) in [5.74, 6) is 0.591. The van der Waals surface area contributed by atoms with Crippen molar-refractivity contribution in [3.05, 3.63) is 47.4 Å². The Morgan fingerprint density at radius 3 is 2.96 bits per heavy atom. The molecule has 6 nitrogen and oxygen atoms in total. The fourth-order valence-corrected chi connectivity index (χ4v) is 2.42. The summed E-state index contributed by atoms with van der Waals surface area (Å²) in [7, 11) is 0. The van der Waals surface area contributed by atoms with E-state index in [9.17, 15) is 4.79 Å². The van der Waals surface area contributed by atoms with E-state index in [1.54, 1.807) is 29.1 Å². The van der Waals surface area contributed by atoms with E-state index >= 15 is 0 Å². The lowest BCUT2D eigenvalue weighted by molar-refractivity contribution is 0.101. The molecule has 3 heterocycles. The van der Waals surface area contributed by atoms with Crippen LogP contribution in [0.25, 0.3) is 11.0 Å². The highest BCUT2D eigenvalue weighted by molar-refractivity contribution is 6.31. The summed E-state index contributed by atoms with van der Waals surface area (Å²) >= 11 is 5.90. The van der Waals surface area contributed by atoms with E-state index in [1.165, 1.54) is 6.20 Å². The average molecular weight is 330 g/mol. The average Bonchev–Trinajstić information content (AvgIpc) is 2.95. The molecule has 3 aromatic heterocycles. The highest BCUT2D eigenvalue weighted by Crippen LogP contribution is 2.17. The number of halogens is 1.